The predicted octanol–water partition coefficient (Wildman–Crippen LogP) is 3.69. The first-order valence-corrected chi connectivity index (χ1v) is 11.0. The maximum atomic E-state index is 13.2. The summed E-state index contributed by atoms with van der Waals surface area (Å²) in [6.45, 7) is 2.65. The van der Waals surface area contributed by atoms with Crippen LogP contribution in [0.15, 0.2) is 48.5 Å². The van der Waals surface area contributed by atoms with Gasteiger partial charge in [-0.15, -0.1) is 0 Å². The number of nitrogens with one attached hydrogen (secondary N) is 3. The van der Waals surface area contributed by atoms with Crippen molar-refractivity contribution in [1.82, 2.24) is 10.6 Å². The molecule has 6 rings (SSSR count). The van der Waals surface area contributed by atoms with Crippen molar-refractivity contribution < 1.29 is 14.3 Å². The topological polar surface area (TPSA) is 79.5 Å². The first kappa shape index (κ1) is 19.9. The fraction of sp³-hybridized carbons (Fsp3) is 0.440. The molecule has 6 heteroatoms. The average Bonchev–Trinajstić information content (AvgIpc) is 2.77. The number of ether oxygens (including phenoxy) is 1. The molecule has 3 N–H and O–H groups in total. The lowest BCUT2D eigenvalue weighted by Crippen LogP contribution is -2.70. The Labute approximate surface area is 182 Å². The number of carbonyl (C=O) groups excluding carboxylic acids is 2. The Balaban J connectivity index is 1.34. The maximum absolute atomic E-state index is 13.2. The van der Waals surface area contributed by atoms with E-state index in [2.05, 4.69) is 22.9 Å². The molecule has 2 aromatic rings. The van der Waals surface area contributed by atoms with Gasteiger partial charge < -0.3 is 20.7 Å². The molecule has 0 radical (unpaired) electrons. The van der Waals surface area contributed by atoms with Gasteiger partial charge in [-0.3, -0.25) is 9.59 Å². The molecule has 3 saturated carbocycles. The molecule has 0 unspecified atom stereocenters. The van der Waals surface area contributed by atoms with Crippen LogP contribution in [0.4, 0.5) is 5.69 Å². The highest BCUT2D eigenvalue weighted by Crippen LogP contribution is 2.58. The molecule has 1 aliphatic heterocycles. The molecule has 0 aromatic heterocycles. The van der Waals surface area contributed by atoms with Gasteiger partial charge in [0.1, 0.15) is 11.4 Å². The molecular weight excluding hydrogens is 390 g/mol. The summed E-state index contributed by atoms with van der Waals surface area (Å²) in [6, 6.07) is 15.4. The summed E-state index contributed by atoms with van der Waals surface area (Å²) in [4.78, 5) is 26.1. The van der Waals surface area contributed by atoms with Crippen molar-refractivity contribution in [2.75, 3.05) is 12.4 Å². The number of benzene rings is 2. The summed E-state index contributed by atoms with van der Waals surface area (Å²) >= 11 is 0. The van der Waals surface area contributed by atoms with Crippen LogP contribution in [0, 0.1) is 17.3 Å². The smallest absolute Gasteiger partial charge is 0.255 e. The molecule has 2 bridgehead atoms. The summed E-state index contributed by atoms with van der Waals surface area (Å²) in [5, 5.41) is 10.1. The molecule has 1 spiro atoms. The molecular formula is C25H29N3O3. The van der Waals surface area contributed by atoms with Crippen molar-refractivity contribution >= 4 is 17.5 Å². The van der Waals surface area contributed by atoms with Gasteiger partial charge in [0.05, 0.1) is 12.7 Å². The Bertz CT molecular complexity index is 1040. The highest BCUT2D eigenvalue weighted by molar-refractivity contribution is 6.02. The second-order valence-corrected chi connectivity index (χ2v) is 9.48. The van der Waals surface area contributed by atoms with Crippen molar-refractivity contribution in [2.45, 2.75) is 44.8 Å². The van der Waals surface area contributed by atoms with Crippen LogP contribution in [0.2, 0.25) is 0 Å². The molecule has 2 aromatic carbocycles. The van der Waals surface area contributed by atoms with Crippen LogP contribution in [0.5, 0.6) is 5.75 Å². The lowest BCUT2D eigenvalue weighted by atomic mass is 9.51. The van der Waals surface area contributed by atoms with Gasteiger partial charge in [0.25, 0.3) is 5.91 Å². The molecule has 162 valence electrons. The fourth-order valence-electron chi connectivity index (χ4n) is 6.01. The van der Waals surface area contributed by atoms with Gasteiger partial charge in [-0.05, 0) is 49.3 Å². The minimum atomic E-state index is -0.474. The zero-order valence-corrected chi connectivity index (χ0v) is 18.0. The van der Waals surface area contributed by atoms with Crippen LogP contribution in [-0.2, 0) is 11.3 Å². The van der Waals surface area contributed by atoms with Crippen molar-refractivity contribution in [3.8, 4) is 5.75 Å². The first-order chi connectivity index (χ1) is 14.9. The van der Waals surface area contributed by atoms with E-state index in [0.717, 1.165) is 42.7 Å². The van der Waals surface area contributed by atoms with E-state index in [4.69, 9.17) is 4.74 Å². The zero-order valence-electron chi connectivity index (χ0n) is 18.0. The van der Waals surface area contributed by atoms with E-state index in [0.29, 0.717) is 12.1 Å². The van der Waals surface area contributed by atoms with E-state index in [1.807, 2.05) is 48.5 Å². The lowest BCUT2D eigenvalue weighted by molar-refractivity contribution is -0.139. The normalized spacial score (nSPS) is 30.8. The zero-order chi connectivity index (χ0) is 21.6. The van der Waals surface area contributed by atoms with Gasteiger partial charge in [0.2, 0.25) is 5.91 Å². The lowest BCUT2D eigenvalue weighted by Gasteiger charge is -2.60. The molecule has 1 heterocycles. The first-order valence-electron chi connectivity index (χ1n) is 11.0. The molecule has 3 fully saturated rings. The van der Waals surface area contributed by atoms with Gasteiger partial charge in [0, 0.05) is 29.6 Å². The quantitative estimate of drug-likeness (QED) is 0.706. The van der Waals surface area contributed by atoms with Crippen LogP contribution >= 0.6 is 0 Å². The SMILES string of the molecule is COc1ccccc1CNC(=O)[C@H]1C[C@@H]2CC[C@]1(C)C[C@]21NC(=O)c2ccccc2N1. The Kier molecular flexibility index (Phi) is 4.68. The molecule has 4 aliphatic rings. The largest absolute Gasteiger partial charge is 0.496 e. The van der Waals surface area contributed by atoms with E-state index >= 15 is 0 Å². The van der Waals surface area contributed by atoms with Crippen LogP contribution in [-0.4, -0.2) is 24.6 Å². The number of anilines is 1. The van der Waals surface area contributed by atoms with Crippen LogP contribution < -0.4 is 20.7 Å². The van der Waals surface area contributed by atoms with Crippen molar-refractivity contribution in [3.63, 3.8) is 0 Å². The number of rotatable bonds is 4. The molecule has 2 amide bonds. The highest BCUT2D eigenvalue weighted by Gasteiger charge is 2.60. The van der Waals surface area contributed by atoms with Crippen LogP contribution in [0.25, 0.3) is 0 Å². The molecule has 31 heavy (non-hydrogen) atoms. The maximum Gasteiger partial charge on any atom is 0.255 e. The number of hydrogen-bond donors (Lipinski definition) is 3. The second-order valence-electron chi connectivity index (χ2n) is 9.48. The Hall–Kier alpha value is -3.02. The van der Waals surface area contributed by atoms with Gasteiger partial charge in [-0.25, -0.2) is 0 Å². The fourth-order valence-corrected chi connectivity index (χ4v) is 6.01. The Morgan fingerprint density at radius 3 is 2.74 bits per heavy atom. The number of methoxy groups -OCH3 is 1. The molecule has 0 saturated heterocycles. The molecule has 6 nitrogen and oxygen atoms in total. The van der Waals surface area contributed by atoms with Gasteiger partial charge in [-0.2, -0.15) is 0 Å². The number of hydrogen-bond acceptors (Lipinski definition) is 4. The third kappa shape index (κ3) is 3.25. The third-order valence-electron chi connectivity index (χ3n) is 7.63. The Morgan fingerprint density at radius 1 is 1.16 bits per heavy atom. The summed E-state index contributed by atoms with van der Waals surface area (Å²) < 4.78 is 5.41. The summed E-state index contributed by atoms with van der Waals surface area (Å²) in [5.74, 6) is 1.00. The van der Waals surface area contributed by atoms with Crippen molar-refractivity contribution in [2.24, 2.45) is 17.3 Å². The molecule has 3 aliphatic carbocycles. The van der Waals surface area contributed by atoms with E-state index in [-0.39, 0.29) is 29.1 Å². The summed E-state index contributed by atoms with van der Waals surface area (Å²) in [7, 11) is 1.64. The van der Waals surface area contributed by atoms with E-state index in [1.165, 1.54) is 0 Å². The third-order valence-corrected chi connectivity index (χ3v) is 7.63. The van der Waals surface area contributed by atoms with Gasteiger partial charge in [0.15, 0.2) is 0 Å². The van der Waals surface area contributed by atoms with Crippen LogP contribution in [0.3, 0.4) is 0 Å². The van der Waals surface area contributed by atoms with Crippen LogP contribution in [0.1, 0.15) is 48.5 Å². The monoisotopic (exact) mass is 419 g/mol. The minimum Gasteiger partial charge on any atom is -0.496 e. The number of para-hydroxylation sites is 2. The number of carbonyl (C=O) groups is 2. The van der Waals surface area contributed by atoms with E-state index in [9.17, 15) is 9.59 Å². The van der Waals surface area contributed by atoms with Crippen molar-refractivity contribution in [1.29, 1.82) is 0 Å². The second kappa shape index (κ2) is 7.29. The standard InChI is InChI=1S/C25H29N3O3/c1-24-12-11-17(25(15-24)27-20-9-5-4-8-18(20)22(29)28-25)13-19(24)23(30)26-14-16-7-3-6-10-21(16)31-2/h3-10,17,19,27H,11-15H2,1-2H3,(H,26,30)(H,28,29)/t17-,19+,24+,25-/m0/s1. The number of fused-ring (bicyclic) bond motifs is 3. The van der Waals surface area contributed by atoms with Gasteiger partial charge >= 0.3 is 0 Å². The van der Waals surface area contributed by atoms with Gasteiger partial charge in [-0.1, -0.05) is 37.3 Å². The van der Waals surface area contributed by atoms with E-state index in [1.54, 1.807) is 7.11 Å². The van der Waals surface area contributed by atoms with Crippen molar-refractivity contribution in [3.05, 3.63) is 59.7 Å². The predicted molar refractivity (Wildman–Crippen MR) is 119 cm³/mol. The summed E-state index contributed by atoms with van der Waals surface area (Å²) in [6.07, 6.45) is 3.51. The highest BCUT2D eigenvalue weighted by atomic mass is 16.5. The van der Waals surface area contributed by atoms with E-state index < -0.39 is 5.66 Å². The minimum absolute atomic E-state index is 0.0253. The summed E-state index contributed by atoms with van der Waals surface area (Å²) in [5.41, 5.74) is 1.90. The molecule has 4 atom stereocenters. The average molecular weight is 420 g/mol. The number of amides is 2. The Morgan fingerprint density at radius 2 is 1.94 bits per heavy atom.